The van der Waals surface area contributed by atoms with Crippen molar-refractivity contribution >= 4 is 17.5 Å². The van der Waals surface area contributed by atoms with E-state index in [0.29, 0.717) is 28.7 Å². The van der Waals surface area contributed by atoms with Crippen LogP contribution in [0.2, 0.25) is 5.02 Å². The number of rotatable bonds is 4. The second kappa shape index (κ2) is 7.78. The number of benzene rings is 1. The van der Waals surface area contributed by atoms with Crippen molar-refractivity contribution in [2.75, 3.05) is 13.1 Å². The van der Waals surface area contributed by atoms with E-state index in [1.807, 2.05) is 4.90 Å². The number of aromatic amines is 1. The fourth-order valence-corrected chi connectivity index (χ4v) is 3.12. The monoisotopic (exact) mass is 360 g/mol. The number of piperidine rings is 1. The van der Waals surface area contributed by atoms with Gasteiger partial charge >= 0.3 is 0 Å². The molecule has 2 heterocycles. The van der Waals surface area contributed by atoms with Crippen LogP contribution in [0.4, 0.5) is 0 Å². The first-order valence-electron chi connectivity index (χ1n) is 8.52. The molecule has 1 amide bonds. The molecule has 0 spiro atoms. The van der Waals surface area contributed by atoms with Gasteiger partial charge in [-0.05, 0) is 30.9 Å². The summed E-state index contributed by atoms with van der Waals surface area (Å²) < 4.78 is 0. The number of carbonyl (C=O) groups excluding carboxylic acids is 1. The summed E-state index contributed by atoms with van der Waals surface area (Å²) in [6.45, 7) is 3.81. The van der Waals surface area contributed by atoms with Gasteiger partial charge in [-0.2, -0.15) is 0 Å². The summed E-state index contributed by atoms with van der Waals surface area (Å²) >= 11 is 5.95. The molecule has 3 rings (SSSR count). The Kier molecular flexibility index (Phi) is 5.48. The Morgan fingerprint density at radius 3 is 2.76 bits per heavy atom. The van der Waals surface area contributed by atoms with E-state index >= 15 is 0 Å². The molecule has 132 valence electrons. The van der Waals surface area contributed by atoms with Crippen LogP contribution in [0.25, 0.3) is 11.4 Å². The van der Waals surface area contributed by atoms with Crippen molar-refractivity contribution in [3.8, 4) is 11.4 Å². The van der Waals surface area contributed by atoms with E-state index < -0.39 is 0 Å². The molecule has 0 saturated carbocycles. The van der Waals surface area contributed by atoms with E-state index in [4.69, 9.17) is 11.6 Å². The molecule has 1 aliphatic heterocycles. The molecule has 0 aliphatic carbocycles. The standard InChI is InChI=1S/C18H21ClN4O2/c1-12-7-9-23(10-8-12)16(24)6-5-15-18(25)20-17(22-21-15)13-3-2-4-14(19)11-13/h2-4,11-12H,5-10H2,1H3,(H,20,22,25). The molecule has 1 aromatic heterocycles. The van der Waals surface area contributed by atoms with E-state index in [0.717, 1.165) is 25.9 Å². The Labute approximate surface area is 151 Å². The van der Waals surface area contributed by atoms with Gasteiger partial charge in [-0.15, -0.1) is 10.2 Å². The molecule has 7 heteroatoms. The van der Waals surface area contributed by atoms with E-state index in [9.17, 15) is 9.59 Å². The zero-order valence-electron chi connectivity index (χ0n) is 14.2. The number of nitrogens with one attached hydrogen (secondary N) is 1. The highest BCUT2D eigenvalue weighted by molar-refractivity contribution is 6.30. The average molecular weight is 361 g/mol. The molecule has 0 radical (unpaired) electrons. The van der Waals surface area contributed by atoms with Crippen LogP contribution in [0.1, 0.15) is 31.9 Å². The number of hydrogen-bond donors (Lipinski definition) is 1. The van der Waals surface area contributed by atoms with Crippen LogP contribution in [-0.4, -0.2) is 39.1 Å². The minimum atomic E-state index is -0.315. The number of carbonyl (C=O) groups is 1. The quantitative estimate of drug-likeness (QED) is 0.909. The molecule has 1 N–H and O–H groups in total. The van der Waals surface area contributed by atoms with E-state index in [1.165, 1.54) is 0 Å². The van der Waals surface area contributed by atoms with Crippen molar-refractivity contribution in [1.82, 2.24) is 20.1 Å². The molecular weight excluding hydrogens is 340 g/mol. The van der Waals surface area contributed by atoms with Crippen LogP contribution < -0.4 is 5.56 Å². The molecular formula is C18H21ClN4O2. The highest BCUT2D eigenvalue weighted by atomic mass is 35.5. The van der Waals surface area contributed by atoms with Gasteiger partial charge in [0.15, 0.2) is 5.82 Å². The smallest absolute Gasteiger partial charge is 0.273 e. The Morgan fingerprint density at radius 2 is 2.08 bits per heavy atom. The van der Waals surface area contributed by atoms with Gasteiger partial charge in [0.05, 0.1) is 0 Å². The molecule has 0 atom stereocenters. The molecule has 1 aromatic carbocycles. The number of halogens is 1. The predicted octanol–water partition coefficient (Wildman–Crippen LogP) is 2.68. The van der Waals surface area contributed by atoms with Crippen LogP contribution in [-0.2, 0) is 11.2 Å². The molecule has 1 aliphatic rings. The summed E-state index contributed by atoms with van der Waals surface area (Å²) in [5.74, 6) is 1.12. The summed E-state index contributed by atoms with van der Waals surface area (Å²) in [6, 6.07) is 7.04. The number of amides is 1. The minimum absolute atomic E-state index is 0.0759. The highest BCUT2D eigenvalue weighted by Gasteiger charge is 2.20. The first kappa shape index (κ1) is 17.6. The first-order valence-corrected chi connectivity index (χ1v) is 8.90. The predicted molar refractivity (Wildman–Crippen MR) is 96.4 cm³/mol. The SMILES string of the molecule is CC1CCN(C(=O)CCc2nnc(-c3cccc(Cl)c3)[nH]c2=O)CC1. The molecule has 1 fully saturated rings. The average Bonchev–Trinajstić information content (AvgIpc) is 2.61. The van der Waals surface area contributed by atoms with Gasteiger partial charge in [0, 0.05) is 36.5 Å². The highest BCUT2D eigenvalue weighted by Crippen LogP contribution is 2.18. The number of likely N-dealkylation sites (tertiary alicyclic amines) is 1. The lowest BCUT2D eigenvalue weighted by atomic mass is 9.99. The van der Waals surface area contributed by atoms with Crippen molar-refractivity contribution in [1.29, 1.82) is 0 Å². The largest absolute Gasteiger partial charge is 0.343 e. The Hall–Kier alpha value is -2.21. The van der Waals surface area contributed by atoms with E-state index in [2.05, 4.69) is 22.1 Å². The van der Waals surface area contributed by atoms with Crippen molar-refractivity contribution in [3.05, 3.63) is 45.3 Å². The first-order chi connectivity index (χ1) is 12.0. The zero-order chi connectivity index (χ0) is 17.8. The molecule has 0 unspecified atom stereocenters. The van der Waals surface area contributed by atoms with Gasteiger partial charge in [-0.25, -0.2) is 0 Å². The topological polar surface area (TPSA) is 79.0 Å². The lowest BCUT2D eigenvalue weighted by Gasteiger charge is -2.30. The fourth-order valence-electron chi connectivity index (χ4n) is 2.93. The van der Waals surface area contributed by atoms with Gasteiger partial charge in [-0.1, -0.05) is 30.7 Å². The Balaban J connectivity index is 1.64. The third-order valence-corrected chi connectivity index (χ3v) is 4.81. The van der Waals surface area contributed by atoms with Gasteiger partial charge in [0.1, 0.15) is 5.69 Å². The molecule has 0 bridgehead atoms. The van der Waals surface area contributed by atoms with Crippen LogP contribution in [0.5, 0.6) is 0 Å². The van der Waals surface area contributed by atoms with Crippen LogP contribution in [0.3, 0.4) is 0 Å². The van der Waals surface area contributed by atoms with Crippen LogP contribution in [0.15, 0.2) is 29.1 Å². The number of aromatic nitrogens is 3. The zero-order valence-corrected chi connectivity index (χ0v) is 14.9. The van der Waals surface area contributed by atoms with Crippen LogP contribution in [0, 0.1) is 5.92 Å². The van der Waals surface area contributed by atoms with Gasteiger partial charge in [0.2, 0.25) is 5.91 Å². The van der Waals surface area contributed by atoms with Crippen molar-refractivity contribution in [3.63, 3.8) is 0 Å². The van der Waals surface area contributed by atoms with Crippen molar-refractivity contribution < 1.29 is 4.79 Å². The van der Waals surface area contributed by atoms with Gasteiger partial charge < -0.3 is 9.88 Å². The second-order valence-corrected chi connectivity index (χ2v) is 6.96. The van der Waals surface area contributed by atoms with Crippen molar-refractivity contribution in [2.45, 2.75) is 32.6 Å². The lowest BCUT2D eigenvalue weighted by Crippen LogP contribution is -2.38. The Morgan fingerprint density at radius 1 is 1.32 bits per heavy atom. The summed E-state index contributed by atoms with van der Waals surface area (Å²) in [4.78, 5) is 29.1. The summed E-state index contributed by atoms with van der Waals surface area (Å²) in [5.41, 5.74) is 0.664. The molecule has 2 aromatic rings. The maximum atomic E-state index is 12.3. The summed E-state index contributed by atoms with van der Waals surface area (Å²) in [5, 5.41) is 8.63. The maximum Gasteiger partial charge on any atom is 0.273 e. The normalized spacial score (nSPS) is 15.4. The van der Waals surface area contributed by atoms with Crippen molar-refractivity contribution in [2.24, 2.45) is 5.92 Å². The maximum absolute atomic E-state index is 12.3. The number of nitrogens with zero attached hydrogens (tertiary/aromatic N) is 3. The molecule has 1 saturated heterocycles. The minimum Gasteiger partial charge on any atom is -0.343 e. The molecule has 6 nitrogen and oxygen atoms in total. The third kappa shape index (κ3) is 4.45. The third-order valence-electron chi connectivity index (χ3n) is 4.57. The lowest BCUT2D eigenvalue weighted by molar-refractivity contribution is -0.132. The number of H-pyrrole nitrogens is 1. The summed E-state index contributed by atoms with van der Waals surface area (Å²) in [7, 11) is 0. The summed E-state index contributed by atoms with van der Waals surface area (Å²) in [6.07, 6.45) is 2.66. The van der Waals surface area contributed by atoms with E-state index in [-0.39, 0.29) is 23.6 Å². The van der Waals surface area contributed by atoms with E-state index in [1.54, 1.807) is 24.3 Å². The molecule has 25 heavy (non-hydrogen) atoms. The fraction of sp³-hybridized carbons (Fsp3) is 0.444. The Bertz CT molecular complexity index is 813. The van der Waals surface area contributed by atoms with Crippen LogP contribution >= 0.6 is 11.6 Å². The number of hydrogen-bond acceptors (Lipinski definition) is 4. The second-order valence-electron chi connectivity index (χ2n) is 6.52. The number of aryl methyl sites for hydroxylation is 1. The van der Waals surface area contributed by atoms with Gasteiger partial charge in [-0.3, -0.25) is 9.59 Å². The van der Waals surface area contributed by atoms with Gasteiger partial charge in [0.25, 0.3) is 5.56 Å².